The zero-order valence-electron chi connectivity index (χ0n) is 14.7. The van der Waals surface area contributed by atoms with Gasteiger partial charge in [-0.05, 0) is 35.4 Å². The van der Waals surface area contributed by atoms with E-state index < -0.39 is 21.5 Å². The van der Waals surface area contributed by atoms with E-state index in [4.69, 9.17) is 11.6 Å². The third kappa shape index (κ3) is 5.92. The summed E-state index contributed by atoms with van der Waals surface area (Å²) in [5.74, 6) is -0.971. The number of benzene rings is 2. The van der Waals surface area contributed by atoms with E-state index in [-0.39, 0.29) is 5.75 Å². The Hall–Kier alpha value is -2.16. The first kappa shape index (κ1) is 20.6. The summed E-state index contributed by atoms with van der Waals surface area (Å²) in [6.07, 6.45) is 1.54. The Morgan fingerprint density at radius 2 is 1.68 bits per heavy atom. The van der Waals surface area contributed by atoms with Crippen LogP contribution in [0.25, 0.3) is 0 Å². The number of nitrogens with one attached hydrogen (secondary N) is 1. The van der Waals surface area contributed by atoms with Gasteiger partial charge in [-0.1, -0.05) is 51.8 Å². The minimum atomic E-state index is -3.60. The predicted octanol–water partition coefficient (Wildman–Crippen LogP) is 3.90. The Bertz CT molecular complexity index is 1060. The molecule has 146 valence electrons. The smallest absolute Gasteiger partial charge is 0.240 e. The van der Waals surface area contributed by atoms with Gasteiger partial charge in [0.25, 0.3) is 0 Å². The Morgan fingerprint density at radius 3 is 2.36 bits per heavy atom. The first-order valence-electron chi connectivity index (χ1n) is 8.32. The number of hydrogen-bond acceptors (Lipinski definition) is 4. The van der Waals surface area contributed by atoms with Gasteiger partial charge in [0.15, 0.2) is 9.84 Å². The first-order valence-corrected chi connectivity index (χ1v) is 11.3. The highest BCUT2D eigenvalue weighted by Gasteiger charge is 2.18. The fourth-order valence-corrected chi connectivity index (χ4v) is 4.26. The van der Waals surface area contributed by atoms with Crippen LogP contribution < -0.4 is 5.32 Å². The van der Waals surface area contributed by atoms with Crippen molar-refractivity contribution in [2.24, 2.45) is 0 Å². The summed E-state index contributed by atoms with van der Waals surface area (Å²) in [5, 5.41) is 7.43. The quantitative estimate of drug-likeness (QED) is 0.554. The molecule has 0 atom stereocenters. The molecule has 0 radical (unpaired) electrons. The molecule has 0 fully saturated rings. The lowest BCUT2D eigenvalue weighted by atomic mass is 10.2. The van der Waals surface area contributed by atoms with E-state index in [1.165, 1.54) is 0 Å². The molecule has 1 heterocycles. The number of carbonyl (C=O) groups is 1. The maximum absolute atomic E-state index is 12.3. The Labute approximate surface area is 176 Å². The van der Waals surface area contributed by atoms with Crippen molar-refractivity contribution in [3.8, 4) is 0 Å². The van der Waals surface area contributed by atoms with Crippen molar-refractivity contribution >= 4 is 49.1 Å². The van der Waals surface area contributed by atoms with E-state index in [1.54, 1.807) is 53.3 Å². The van der Waals surface area contributed by atoms with Crippen LogP contribution in [0, 0.1) is 0 Å². The van der Waals surface area contributed by atoms with Gasteiger partial charge in [0, 0.05) is 15.6 Å². The molecule has 0 unspecified atom stereocenters. The average Bonchev–Trinajstić information content (AvgIpc) is 3.05. The molecule has 0 aliphatic carbocycles. The Morgan fingerprint density at radius 1 is 1.04 bits per heavy atom. The minimum Gasteiger partial charge on any atom is -0.310 e. The minimum absolute atomic E-state index is 0.197. The van der Waals surface area contributed by atoms with E-state index in [2.05, 4.69) is 26.3 Å². The second kappa shape index (κ2) is 8.89. The lowest BCUT2D eigenvalue weighted by Gasteiger charge is -2.10. The van der Waals surface area contributed by atoms with Crippen molar-refractivity contribution in [2.45, 2.75) is 12.3 Å². The molecule has 1 amide bonds. The molecule has 0 saturated carbocycles. The summed E-state index contributed by atoms with van der Waals surface area (Å²) in [6.45, 7) is 0.422. The molecule has 3 aromatic rings. The van der Waals surface area contributed by atoms with E-state index >= 15 is 0 Å². The Kier molecular flexibility index (Phi) is 6.53. The van der Waals surface area contributed by atoms with Crippen LogP contribution in [0.15, 0.2) is 65.3 Å². The highest BCUT2D eigenvalue weighted by atomic mass is 79.9. The second-order valence-electron chi connectivity index (χ2n) is 6.21. The lowest BCUT2D eigenvalue weighted by Crippen LogP contribution is -2.25. The number of nitrogens with zero attached hydrogens (tertiary/aromatic N) is 2. The maximum Gasteiger partial charge on any atom is 0.240 e. The Balaban J connectivity index is 1.62. The van der Waals surface area contributed by atoms with Crippen LogP contribution >= 0.6 is 27.5 Å². The van der Waals surface area contributed by atoms with Gasteiger partial charge >= 0.3 is 0 Å². The molecule has 1 aromatic heterocycles. The van der Waals surface area contributed by atoms with Crippen LogP contribution in [0.3, 0.4) is 0 Å². The van der Waals surface area contributed by atoms with Crippen molar-refractivity contribution in [2.75, 3.05) is 11.1 Å². The largest absolute Gasteiger partial charge is 0.310 e. The van der Waals surface area contributed by atoms with Gasteiger partial charge in [0.1, 0.15) is 11.6 Å². The van der Waals surface area contributed by atoms with E-state index in [1.807, 2.05) is 12.1 Å². The van der Waals surface area contributed by atoms with Gasteiger partial charge in [0.05, 0.1) is 18.5 Å². The van der Waals surface area contributed by atoms with Crippen LogP contribution in [0.2, 0.25) is 5.02 Å². The van der Waals surface area contributed by atoms with Crippen LogP contribution in [0.4, 0.5) is 5.82 Å². The zero-order chi connectivity index (χ0) is 20.1. The number of halogens is 2. The van der Waals surface area contributed by atoms with Crippen LogP contribution in [-0.4, -0.2) is 29.9 Å². The summed E-state index contributed by atoms with van der Waals surface area (Å²) < 4.78 is 27.1. The number of hydrogen-bond donors (Lipinski definition) is 1. The van der Waals surface area contributed by atoms with Crippen molar-refractivity contribution in [1.29, 1.82) is 0 Å². The molecule has 3 rings (SSSR count). The van der Waals surface area contributed by atoms with Gasteiger partial charge in [0.2, 0.25) is 5.91 Å². The van der Waals surface area contributed by atoms with Crippen molar-refractivity contribution in [3.63, 3.8) is 0 Å². The van der Waals surface area contributed by atoms with Crippen molar-refractivity contribution in [3.05, 3.63) is 81.4 Å². The van der Waals surface area contributed by atoms with E-state index in [0.717, 1.165) is 10.0 Å². The monoisotopic (exact) mass is 481 g/mol. The molecule has 0 saturated heterocycles. The molecule has 0 aliphatic heterocycles. The van der Waals surface area contributed by atoms with E-state index in [0.29, 0.717) is 22.9 Å². The number of carbonyl (C=O) groups excluding carboxylic acids is 1. The van der Waals surface area contributed by atoms with Crippen LogP contribution in [0.5, 0.6) is 0 Å². The SMILES string of the molecule is O=C(CS(=O)(=O)Cc1ccc(Br)cc1)Nc1ccnn1Cc1ccc(Cl)cc1. The normalized spacial score (nSPS) is 11.4. The molecular weight excluding hydrogens is 466 g/mol. The molecule has 1 N–H and O–H groups in total. The van der Waals surface area contributed by atoms with Gasteiger partial charge in [-0.15, -0.1) is 0 Å². The van der Waals surface area contributed by atoms with Gasteiger partial charge in [-0.25, -0.2) is 13.1 Å². The summed E-state index contributed by atoms with van der Waals surface area (Å²) in [4.78, 5) is 12.3. The highest BCUT2D eigenvalue weighted by Crippen LogP contribution is 2.15. The predicted molar refractivity (Wildman–Crippen MR) is 113 cm³/mol. The van der Waals surface area contributed by atoms with Gasteiger partial charge < -0.3 is 5.32 Å². The molecule has 0 bridgehead atoms. The molecule has 0 aliphatic rings. The van der Waals surface area contributed by atoms with Gasteiger partial charge in [-0.2, -0.15) is 5.10 Å². The first-order chi connectivity index (χ1) is 13.3. The van der Waals surface area contributed by atoms with E-state index in [9.17, 15) is 13.2 Å². The number of amides is 1. The molecule has 9 heteroatoms. The maximum atomic E-state index is 12.3. The summed E-state index contributed by atoms with van der Waals surface area (Å²) >= 11 is 9.19. The van der Waals surface area contributed by atoms with Crippen molar-refractivity contribution in [1.82, 2.24) is 9.78 Å². The lowest BCUT2D eigenvalue weighted by molar-refractivity contribution is -0.113. The van der Waals surface area contributed by atoms with Gasteiger partial charge in [-0.3, -0.25) is 4.79 Å². The summed E-state index contributed by atoms with van der Waals surface area (Å²) in [6, 6.07) is 15.8. The molecular formula is C19H17BrClN3O3S. The topological polar surface area (TPSA) is 81.1 Å². The highest BCUT2D eigenvalue weighted by molar-refractivity contribution is 9.10. The molecule has 6 nitrogen and oxygen atoms in total. The molecule has 2 aromatic carbocycles. The third-order valence-electron chi connectivity index (χ3n) is 3.88. The fourth-order valence-electron chi connectivity index (χ4n) is 2.59. The second-order valence-corrected chi connectivity index (χ2v) is 9.62. The molecule has 28 heavy (non-hydrogen) atoms. The summed E-state index contributed by atoms with van der Waals surface area (Å²) in [7, 11) is -3.60. The zero-order valence-corrected chi connectivity index (χ0v) is 17.8. The number of sulfone groups is 1. The number of aromatic nitrogens is 2. The average molecular weight is 483 g/mol. The molecule has 0 spiro atoms. The number of anilines is 1. The fraction of sp³-hybridized carbons (Fsp3) is 0.158. The third-order valence-corrected chi connectivity index (χ3v) is 6.14. The van der Waals surface area contributed by atoms with Crippen LogP contribution in [0.1, 0.15) is 11.1 Å². The van der Waals surface area contributed by atoms with Crippen LogP contribution in [-0.2, 0) is 26.9 Å². The number of rotatable bonds is 7. The summed E-state index contributed by atoms with van der Waals surface area (Å²) in [5.41, 5.74) is 1.58. The van der Waals surface area contributed by atoms with Crippen molar-refractivity contribution < 1.29 is 13.2 Å². The standard InChI is InChI=1S/C19H17BrClN3O3S/c20-16-5-1-15(2-6-16)12-28(26,27)13-19(25)23-18-9-10-22-24(18)11-14-3-7-17(21)8-4-14/h1-10H,11-13H2,(H,23,25).